The summed E-state index contributed by atoms with van der Waals surface area (Å²) in [6.07, 6.45) is 3.60. The molecule has 0 aromatic carbocycles. The molecule has 0 aliphatic heterocycles. The molecule has 0 spiro atoms. The van der Waals surface area contributed by atoms with Gasteiger partial charge >= 0.3 is 5.97 Å². The van der Waals surface area contributed by atoms with Gasteiger partial charge in [0, 0.05) is 6.20 Å². The van der Waals surface area contributed by atoms with Gasteiger partial charge in [0.15, 0.2) is 0 Å². The van der Waals surface area contributed by atoms with Crippen LogP contribution in [0.5, 0.6) is 0 Å². The van der Waals surface area contributed by atoms with Crippen LogP contribution >= 0.6 is 0 Å². The van der Waals surface area contributed by atoms with Crippen LogP contribution in [0.2, 0.25) is 0 Å². The number of unbranched alkanes of at least 4 members (excludes halogenated alkanes) is 1. The molecule has 76 valence electrons. The predicted molar refractivity (Wildman–Crippen MR) is 54.2 cm³/mol. The van der Waals surface area contributed by atoms with Gasteiger partial charge in [-0.1, -0.05) is 13.3 Å². The van der Waals surface area contributed by atoms with Gasteiger partial charge in [0.05, 0.1) is 17.9 Å². The van der Waals surface area contributed by atoms with Gasteiger partial charge < -0.3 is 4.74 Å². The molecule has 1 aromatic heterocycles. The van der Waals surface area contributed by atoms with Gasteiger partial charge in [-0.2, -0.15) is 0 Å². The highest BCUT2D eigenvalue weighted by Gasteiger charge is 2.09. The molecule has 3 nitrogen and oxygen atoms in total. The fourth-order valence-electron chi connectivity index (χ4n) is 1.09. The molecule has 1 rings (SSSR count). The van der Waals surface area contributed by atoms with Crippen molar-refractivity contribution in [1.82, 2.24) is 4.98 Å². The zero-order chi connectivity index (χ0) is 10.4. The Bertz CT molecular complexity index is 310. The van der Waals surface area contributed by atoms with Crippen molar-refractivity contribution in [3.05, 3.63) is 29.6 Å². The normalized spacial score (nSPS) is 9.86. The Morgan fingerprint density at radius 1 is 1.57 bits per heavy atom. The Morgan fingerprint density at radius 2 is 2.36 bits per heavy atom. The second-order valence-electron chi connectivity index (χ2n) is 3.13. The highest BCUT2D eigenvalue weighted by atomic mass is 16.5. The number of pyridine rings is 1. The Morgan fingerprint density at radius 3 is 3.00 bits per heavy atom. The van der Waals surface area contributed by atoms with Gasteiger partial charge in [-0.15, -0.1) is 0 Å². The molecule has 0 saturated carbocycles. The summed E-state index contributed by atoms with van der Waals surface area (Å²) in [6, 6.07) is 3.47. The minimum absolute atomic E-state index is 0.274. The molecule has 0 amide bonds. The van der Waals surface area contributed by atoms with Crippen molar-refractivity contribution in [2.24, 2.45) is 0 Å². The van der Waals surface area contributed by atoms with Crippen LogP contribution in [0.25, 0.3) is 0 Å². The van der Waals surface area contributed by atoms with E-state index in [-0.39, 0.29) is 5.97 Å². The number of hydrogen-bond donors (Lipinski definition) is 0. The van der Waals surface area contributed by atoms with E-state index in [4.69, 9.17) is 4.74 Å². The average Bonchev–Trinajstić information content (AvgIpc) is 2.18. The summed E-state index contributed by atoms with van der Waals surface area (Å²) >= 11 is 0. The molecule has 0 saturated heterocycles. The van der Waals surface area contributed by atoms with Crippen molar-refractivity contribution in [3.63, 3.8) is 0 Å². The molecule has 14 heavy (non-hydrogen) atoms. The zero-order valence-corrected chi connectivity index (χ0v) is 8.62. The Kier molecular flexibility index (Phi) is 4.11. The van der Waals surface area contributed by atoms with Crippen molar-refractivity contribution in [2.45, 2.75) is 26.7 Å². The van der Waals surface area contributed by atoms with Crippen LogP contribution in [0.3, 0.4) is 0 Å². The lowest BCUT2D eigenvalue weighted by Gasteiger charge is -2.04. The second kappa shape index (κ2) is 5.37. The minimum Gasteiger partial charge on any atom is -0.462 e. The van der Waals surface area contributed by atoms with E-state index in [0.29, 0.717) is 17.9 Å². The molecular formula is C11H15NO2. The number of aromatic nitrogens is 1. The quantitative estimate of drug-likeness (QED) is 0.544. The summed E-state index contributed by atoms with van der Waals surface area (Å²) < 4.78 is 5.07. The molecule has 0 unspecified atom stereocenters. The second-order valence-corrected chi connectivity index (χ2v) is 3.13. The number of carbonyl (C=O) groups is 1. The molecule has 0 aliphatic rings. The molecule has 0 atom stereocenters. The van der Waals surface area contributed by atoms with Crippen LogP contribution in [0.1, 0.15) is 35.8 Å². The van der Waals surface area contributed by atoms with Crippen LogP contribution in [-0.2, 0) is 4.74 Å². The molecule has 0 aliphatic carbocycles. The van der Waals surface area contributed by atoms with Gasteiger partial charge in [-0.25, -0.2) is 4.79 Å². The van der Waals surface area contributed by atoms with Crippen molar-refractivity contribution < 1.29 is 9.53 Å². The summed E-state index contributed by atoms with van der Waals surface area (Å²) in [5.41, 5.74) is 1.28. The number of ether oxygens (including phenoxy) is 1. The van der Waals surface area contributed by atoms with Crippen molar-refractivity contribution in [3.8, 4) is 0 Å². The maximum Gasteiger partial charge on any atom is 0.339 e. The summed E-state index contributed by atoms with van der Waals surface area (Å²) in [6.45, 7) is 4.35. The smallest absolute Gasteiger partial charge is 0.339 e. The first-order valence-electron chi connectivity index (χ1n) is 4.84. The maximum atomic E-state index is 11.5. The van der Waals surface area contributed by atoms with Crippen LogP contribution in [0.4, 0.5) is 0 Å². The molecule has 1 heterocycles. The summed E-state index contributed by atoms with van der Waals surface area (Å²) in [4.78, 5) is 15.5. The van der Waals surface area contributed by atoms with Gasteiger partial charge in [-0.3, -0.25) is 4.98 Å². The van der Waals surface area contributed by atoms with Gasteiger partial charge in [0.1, 0.15) is 0 Å². The minimum atomic E-state index is -0.274. The molecular weight excluding hydrogens is 178 g/mol. The standard InChI is InChI=1S/C11H15NO2/c1-3-4-8-14-11(13)10-6-5-7-12-9(10)2/h5-7H,3-4,8H2,1-2H3. The van der Waals surface area contributed by atoms with Crippen molar-refractivity contribution in [1.29, 1.82) is 0 Å². The highest BCUT2D eigenvalue weighted by molar-refractivity contribution is 5.90. The van der Waals surface area contributed by atoms with E-state index < -0.39 is 0 Å². The van der Waals surface area contributed by atoms with Crippen LogP contribution in [-0.4, -0.2) is 17.6 Å². The molecule has 0 radical (unpaired) electrons. The molecule has 0 N–H and O–H groups in total. The topological polar surface area (TPSA) is 39.2 Å². The van der Waals surface area contributed by atoms with Crippen LogP contribution in [0, 0.1) is 6.92 Å². The van der Waals surface area contributed by atoms with Crippen LogP contribution in [0.15, 0.2) is 18.3 Å². The number of hydrogen-bond acceptors (Lipinski definition) is 3. The highest BCUT2D eigenvalue weighted by Crippen LogP contribution is 2.05. The number of rotatable bonds is 4. The van der Waals surface area contributed by atoms with Gasteiger partial charge in [0.25, 0.3) is 0 Å². The first kappa shape index (κ1) is 10.7. The SMILES string of the molecule is CCCCOC(=O)c1cccnc1C. The molecule has 1 aromatic rings. The third kappa shape index (κ3) is 2.83. The summed E-state index contributed by atoms with van der Waals surface area (Å²) in [7, 11) is 0. The van der Waals surface area contributed by atoms with Crippen molar-refractivity contribution >= 4 is 5.97 Å². The van der Waals surface area contributed by atoms with E-state index >= 15 is 0 Å². The lowest BCUT2D eigenvalue weighted by Crippen LogP contribution is -2.08. The Balaban J connectivity index is 2.56. The van der Waals surface area contributed by atoms with Crippen LogP contribution < -0.4 is 0 Å². The van der Waals surface area contributed by atoms with Gasteiger partial charge in [0.2, 0.25) is 0 Å². The third-order valence-corrected chi connectivity index (χ3v) is 1.96. The fourth-order valence-corrected chi connectivity index (χ4v) is 1.09. The Hall–Kier alpha value is -1.38. The number of aryl methyl sites for hydroxylation is 1. The van der Waals surface area contributed by atoms with E-state index in [1.165, 1.54) is 0 Å². The molecule has 0 bridgehead atoms. The largest absolute Gasteiger partial charge is 0.462 e. The lowest BCUT2D eigenvalue weighted by molar-refractivity contribution is 0.0498. The first-order valence-corrected chi connectivity index (χ1v) is 4.84. The average molecular weight is 193 g/mol. The molecule has 3 heteroatoms. The number of esters is 1. The van der Waals surface area contributed by atoms with Crippen molar-refractivity contribution in [2.75, 3.05) is 6.61 Å². The third-order valence-electron chi connectivity index (χ3n) is 1.96. The van der Waals surface area contributed by atoms with E-state index in [0.717, 1.165) is 12.8 Å². The Labute approximate surface area is 84.1 Å². The predicted octanol–water partition coefficient (Wildman–Crippen LogP) is 2.35. The summed E-state index contributed by atoms with van der Waals surface area (Å²) in [5.74, 6) is -0.274. The molecule has 0 fully saturated rings. The lowest BCUT2D eigenvalue weighted by atomic mass is 10.2. The van der Waals surface area contributed by atoms with E-state index in [2.05, 4.69) is 11.9 Å². The maximum absolute atomic E-state index is 11.5. The van der Waals surface area contributed by atoms with E-state index in [1.54, 1.807) is 25.3 Å². The number of carbonyl (C=O) groups excluding carboxylic acids is 1. The van der Waals surface area contributed by atoms with Gasteiger partial charge in [-0.05, 0) is 25.5 Å². The van der Waals surface area contributed by atoms with E-state index in [1.807, 2.05) is 0 Å². The zero-order valence-electron chi connectivity index (χ0n) is 8.62. The first-order chi connectivity index (χ1) is 6.75. The summed E-state index contributed by atoms with van der Waals surface area (Å²) in [5, 5.41) is 0. The monoisotopic (exact) mass is 193 g/mol. The fraction of sp³-hybridized carbons (Fsp3) is 0.455. The number of nitrogens with zero attached hydrogens (tertiary/aromatic N) is 1. The van der Waals surface area contributed by atoms with E-state index in [9.17, 15) is 4.79 Å².